The molecule has 0 aromatic carbocycles. The Balaban J connectivity index is 3.80. The van der Waals surface area contributed by atoms with Gasteiger partial charge in [0.1, 0.15) is 0 Å². The van der Waals surface area contributed by atoms with E-state index in [-0.39, 0.29) is 13.2 Å². The van der Waals surface area contributed by atoms with Crippen molar-refractivity contribution in [2.75, 3.05) is 39.8 Å². The van der Waals surface area contributed by atoms with Crippen LogP contribution in [0.5, 0.6) is 0 Å². The minimum absolute atomic E-state index is 0.232. The maximum absolute atomic E-state index is 11.9. The average Bonchev–Trinajstić information content (AvgIpc) is 2.34. The molecule has 0 radical (unpaired) electrons. The van der Waals surface area contributed by atoms with Crippen LogP contribution < -0.4 is 0 Å². The summed E-state index contributed by atoms with van der Waals surface area (Å²) in [7, 11) is -6.02. The molecule has 0 saturated heterocycles. The highest BCUT2D eigenvalue weighted by Crippen LogP contribution is 2.45. The van der Waals surface area contributed by atoms with E-state index in [0.29, 0.717) is 31.5 Å². The molecule has 2 unspecified atom stereocenters. The molecule has 0 aliphatic carbocycles. The van der Waals surface area contributed by atoms with E-state index in [0.717, 1.165) is 0 Å². The molecule has 0 heterocycles. The lowest BCUT2D eigenvalue weighted by atomic mass is 10.2. The Morgan fingerprint density at radius 1 is 0.714 bits per heavy atom. The van der Waals surface area contributed by atoms with Crippen molar-refractivity contribution in [3.8, 4) is 0 Å². The highest BCUT2D eigenvalue weighted by molar-refractivity contribution is 7.53. The fraction of sp³-hybridized carbons (Fsp3) is 1.00. The van der Waals surface area contributed by atoms with E-state index in [4.69, 9.17) is 18.1 Å². The highest BCUT2D eigenvalue weighted by atomic mass is 31.2. The molecule has 2 atom stereocenters. The molecule has 0 amide bonds. The van der Waals surface area contributed by atoms with Gasteiger partial charge in [0.05, 0.1) is 26.4 Å². The van der Waals surface area contributed by atoms with Gasteiger partial charge in [-0.3, -0.25) is 9.13 Å². The molecular formula is C13H30O6P2. The Labute approximate surface area is 128 Å². The standard InChI is InChI=1S/C13H30O6P2/c1-12(2)10-18-20(5,14)16-8-7-9-17-21(6,15)19-11-13(3)4/h12-13H,7-11H2,1-6H3. The second-order valence-corrected chi connectivity index (χ2v) is 10.1. The summed E-state index contributed by atoms with van der Waals surface area (Å²) in [5.41, 5.74) is 0. The predicted molar refractivity (Wildman–Crippen MR) is 85.2 cm³/mol. The van der Waals surface area contributed by atoms with Crippen LogP contribution in [0.4, 0.5) is 0 Å². The lowest BCUT2D eigenvalue weighted by Gasteiger charge is -2.17. The molecule has 0 aliphatic heterocycles. The Hall–Kier alpha value is 0.300. The van der Waals surface area contributed by atoms with E-state index >= 15 is 0 Å². The van der Waals surface area contributed by atoms with Crippen LogP contribution >= 0.6 is 15.2 Å². The summed E-state index contributed by atoms with van der Waals surface area (Å²) in [4.78, 5) is 0. The van der Waals surface area contributed by atoms with Crippen LogP contribution in [0.25, 0.3) is 0 Å². The van der Waals surface area contributed by atoms with Gasteiger partial charge in [0.2, 0.25) is 0 Å². The average molecular weight is 344 g/mol. The third kappa shape index (κ3) is 13.7. The van der Waals surface area contributed by atoms with Crippen LogP contribution in [0.15, 0.2) is 0 Å². The van der Waals surface area contributed by atoms with Crippen molar-refractivity contribution in [1.29, 1.82) is 0 Å². The molecule has 0 bridgehead atoms. The van der Waals surface area contributed by atoms with Gasteiger partial charge in [0.25, 0.3) is 0 Å². The summed E-state index contributed by atoms with van der Waals surface area (Å²) in [5.74, 6) is 0.601. The first-order chi connectivity index (χ1) is 9.54. The van der Waals surface area contributed by atoms with Gasteiger partial charge < -0.3 is 18.1 Å². The van der Waals surface area contributed by atoms with Gasteiger partial charge in [-0.2, -0.15) is 0 Å². The lowest BCUT2D eigenvalue weighted by molar-refractivity contribution is 0.164. The van der Waals surface area contributed by atoms with Gasteiger partial charge in [-0.1, -0.05) is 27.7 Å². The quantitative estimate of drug-likeness (QED) is 0.386. The summed E-state index contributed by atoms with van der Waals surface area (Å²) in [6, 6.07) is 0. The van der Waals surface area contributed by atoms with E-state index in [1.807, 2.05) is 27.7 Å². The van der Waals surface area contributed by atoms with E-state index in [1.165, 1.54) is 13.3 Å². The number of rotatable bonds is 12. The zero-order valence-electron chi connectivity index (χ0n) is 14.0. The summed E-state index contributed by atoms with van der Waals surface area (Å²) in [6.45, 7) is 12.1. The normalized spacial score (nSPS) is 17.9. The minimum Gasteiger partial charge on any atom is -0.309 e. The van der Waals surface area contributed by atoms with Crippen molar-refractivity contribution in [3.63, 3.8) is 0 Å². The van der Waals surface area contributed by atoms with Crippen LogP contribution in [0, 0.1) is 11.8 Å². The monoisotopic (exact) mass is 344 g/mol. The predicted octanol–water partition coefficient (Wildman–Crippen LogP) is 4.40. The molecule has 0 fully saturated rings. The number of hydrogen-bond donors (Lipinski definition) is 0. The molecule has 0 aliphatic rings. The summed E-state index contributed by atoms with van der Waals surface area (Å²) < 4.78 is 44.6. The van der Waals surface area contributed by atoms with Crippen LogP contribution in [0.3, 0.4) is 0 Å². The zero-order valence-corrected chi connectivity index (χ0v) is 15.8. The Morgan fingerprint density at radius 2 is 1.05 bits per heavy atom. The minimum atomic E-state index is -3.01. The van der Waals surface area contributed by atoms with Crippen LogP contribution in [-0.4, -0.2) is 39.8 Å². The first-order valence-electron chi connectivity index (χ1n) is 7.27. The summed E-state index contributed by atoms with van der Waals surface area (Å²) in [5, 5.41) is 0. The SMILES string of the molecule is CC(C)COP(C)(=O)OCCCOP(C)(=O)OCC(C)C. The highest BCUT2D eigenvalue weighted by Gasteiger charge is 2.19. The second kappa shape index (κ2) is 10.1. The third-order valence-corrected chi connectivity index (χ3v) is 4.76. The molecule has 0 N–H and O–H groups in total. The maximum Gasteiger partial charge on any atom is 0.327 e. The smallest absolute Gasteiger partial charge is 0.309 e. The van der Waals surface area contributed by atoms with Gasteiger partial charge in [-0.25, -0.2) is 0 Å². The molecular weight excluding hydrogens is 314 g/mol. The topological polar surface area (TPSA) is 71.1 Å². The lowest BCUT2D eigenvalue weighted by Crippen LogP contribution is -2.05. The van der Waals surface area contributed by atoms with Crippen LogP contribution in [-0.2, 0) is 27.2 Å². The van der Waals surface area contributed by atoms with Crippen molar-refractivity contribution in [2.24, 2.45) is 11.8 Å². The summed E-state index contributed by atoms with van der Waals surface area (Å²) >= 11 is 0. The van der Waals surface area contributed by atoms with E-state index < -0.39 is 15.2 Å². The van der Waals surface area contributed by atoms with Crippen molar-refractivity contribution in [3.05, 3.63) is 0 Å². The third-order valence-electron chi connectivity index (χ3n) is 2.23. The van der Waals surface area contributed by atoms with Crippen molar-refractivity contribution in [1.82, 2.24) is 0 Å². The molecule has 128 valence electrons. The van der Waals surface area contributed by atoms with Crippen LogP contribution in [0.2, 0.25) is 0 Å². The van der Waals surface area contributed by atoms with Crippen LogP contribution in [0.1, 0.15) is 34.1 Å². The van der Waals surface area contributed by atoms with Gasteiger partial charge >= 0.3 is 15.2 Å². The van der Waals surface area contributed by atoms with Gasteiger partial charge in [-0.15, -0.1) is 0 Å². The molecule has 0 rings (SSSR count). The molecule has 6 nitrogen and oxygen atoms in total. The molecule has 0 aromatic rings. The van der Waals surface area contributed by atoms with Crippen molar-refractivity contribution >= 4 is 15.2 Å². The molecule has 8 heteroatoms. The van der Waals surface area contributed by atoms with E-state index in [9.17, 15) is 9.13 Å². The Bertz CT molecular complexity index is 336. The summed E-state index contributed by atoms with van der Waals surface area (Å²) in [6.07, 6.45) is 0.478. The molecule has 0 aromatic heterocycles. The Morgan fingerprint density at radius 3 is 1.33 bits per heavy atom. The van der Waals surface area contributed by atoms with Gasteiger partial charge in [0, 0.05) is 13.3 Å². The first kappa shape index (κ1) is 21.3. The van der Waals surface area contributed by atoms with Gasteiger partial charge in [0.15, 0.2) is 0 Å². The van der Waals surface area contributed by atoms with Crippen molar-refractivity contribution < 1.29 is 27.2 Å². The van der Waals surface area contributed by atoms with Crippen molar-refractivity contribution in [2.45, 2.75) is 34.1 Å². The molecule has 21 heavy (non-hydrogen) atoms. The number of hydrogen-bond acceptors (Lipinski definition) is 6. The van der Waals surface area contributed by atoms with Gasteiger partial charge in [-0.05, 0) is 18.3 Å². The molecule has 0 saturated carbocycles. The zero-order chi connectivity index (χ0) is 16.5. The molecule has 0 spiro atoms. The second-order valence-electron chi connectivity index (χ2n) is 5.94. The fourth-order valence-corrected chi connectivity index (χ4v) is 3.37. The van der Waals surface area contributed by atoms with E-state index in [1.54, 1.807) is 0 Å². The largest absolute Gasteiger partial charge is 0.327 e. The Kier molecular flexibility index (Phi) is 10.3. The first-order valence-corrected chi connectivity index (χ1v) is 11.3. The maximum atomic E-state index is 11.9. The van der Waals surface area contributed by atoms with E-state index in [2.05, 4.69) is 0 Å². The fourth-order valence-electron chi connectivity index (χ4n) is 1.16.